The molecule has 1 aromatic rings. The third-order valence-electron chi connectivity index (χ3n) is 5.11. The molecule has 3 atom stereocenters. The van der Waals surface area contributed by atoms with Crippen LogP contribution in [0.15, 0.2) is 24.3 Å². The summed E-state index contributed by atoms with van der Waals surface area (Å²) < 4.78 is 0. The molecule has 0 aliphatic heterocycles. The van der Waals surface area contributed by atoms with Crippen LogP contribution >= 0.6 is 0 Å². The van der Waals surface area contributed by atoms with E-state index in [2.05, 4.69) is 17.4 Å². The number of hydrogen-bond donors (Lipinski definition) is 2. The Morgan fingerprint density at radius 3 is 2.50 bits per heavy atom. The summed E-state index contributed by atoms with van der Waals surface area (Å²) >= 11 is 0. The van der Waals surface area contributed by atoms with Gasteiger partial charge >= 0.3 is 5.97 Å². The zero-order chi connectivity index (χ0) is 15.5. The number of amides is 1. The summed E-state index contributed by atoms with van der Waals surface area (Å²) in [6, 6.07) is 8.27. The Hall–Kier alpha value is -1.84. The second-order valence-electron chi connectivity index (χ2n) is 6.49. The van der Waals surface area contributed by atoms with Gasteiger partial charge in [0, 0.05) is 0 Å². The van der Waals surface area contributed by atoms with Crippen molar-refractivity contribution in [1.82, 2.24) is 5.32 Å². The molecule has 4 nitrogen and oxygen atoms in total. The Labute approximate surface area is 130 Å². The van der Waals surface area contributed by atoms with Crippen molar-refractivity contribution in [3.8, 4) is 0 Å². The fourth-order valence-electron chi connectivity index (χ4n) is 3.92. The molecule has 22 heavy (non-hydrogen) atoms. The Morgan fingerprint density at radius 2 is 1.73 bits per heavy atom. The molecule has 2 aliphatic rings. The molecule has 1 saturated carbocycles. The van der Waals surface area contributed by atoms with Gasteiger partial charge in [-0.25, -0.2) is 0 Å². The maximum absolute atomic E-state index is 12.6. The SMILES string of the molecule is O=C(O)C1CCCC[C@H]1C(=O)N[C@@H]1CCCc2ccccc21. The van der Waals surface area contributed by atoms with Crippen molar-refractivity contribution in [3.63, 3.8) is 0 Å². The van der Waals surface area contributed by atoms with Crippen LogP contribution in [0.2, 0.25) is 0 Å². The minimum Gasteiger partial charge on any atom is -0.481 e. The van der Waals surface area contributed by atoms with Gasteiger partial charge in [-0.3, -0.25) is 9.59 Å². The molecule has 1 fully saturated rings. The average molecular weight is 301 g/mol. The van der Waals surface area contributed by atoms with Gasteiger partial charge in [-0.1, -0.05) is 37.1 Å². The van der Waals surface area contributed by atoms with Crippen molar-refractivity contribution < 1.29 is 14.7 Å². The van der Waals surface area contributed by atoms with Gasteiger partial charge in [-0.2, -0.15) is 0 Å². The molecule has 0 bridgehead atoms. The molecule has 0 aromatic heterocycles. The zero-order valence-electron chi connectivity index (χ0n) is 12.8. The first kappa shape index (κ1) is 15.1. The van der Waals surface area contributed by atoms with Crippen molar-refractivity contribution in [3.05, 3.63) is 35.4 Å². The van der Waals surface area contributed by atoms with E-state index in [9.17, 15) is 14.7 Å². The van der Waals surface area contributed by atoms with Crippen LogP contribution < -0.4 is 5.32 Å². The summed E-state index contributed by atoms with van der Waals surface area (Å²) in [7, 11) is 0. The molecule has 1 amide bonds. The van der Waals surface area contributed by atoms with E-state index in [1.807, 2.05) is 12.1 Å². The van der Waals surface area contributed by atoms with Crippen LogP contribution in [-0.2, 0) is 16.0 Å². The molecular weight excluding hydrogens is 278 g/mol. The molecule has 0 spiro atoms. The molecule has 1 aromatic carbocycles. The molecule has 118 valence electrons. The Morgan fingerprint density at radius 1 is 1.00 bits per heavy atom. The summed E-state index contributed by atoms with van der Waals surface area (Å²) in [6.07, 6.45) is 6.23. The van der Waals surface area contributed by atoms with Crippen LogP contribution in [0.1, 0.15) is 55.7 Å². The van der Waals surface area contributed by atoms with E-state index >= 15 is 0 Å². The molecule has 3 rings (SSSR count). The summed E-state index contributed by atoms with van der Waals surface area (Å²) in [4.78, 5) is 24.0. The quantitative estimate of drug-likeness (QED) is 0.901. The van der Waals surface area contributed by atoms with Crippen LogP contribution in [0.25, 0.3) is 0 Å². The highest BCUT2D eigenvalue weighted by atomic mass is 16.4. The normalized spacial score (nSPS) is 27.7. The highest BCUT2D eigenvalue weighted by Crippen LogP contribution is 2.33. The molecule has 2 aliphatic carbocycles. The van der Waals surface area contributed by atoms with Gasteiger partial charge in [0.1, 0.15) is 0 Å². The predicted octanol–water partition coefficient (Wildman–Crippen LogP) is 3.07. The zero-order valence-corrected chi connectivity index (χ0v) is 12.8. The topological polar surface area (TPSA) is 66.4 Å². The number of carboxylic acid groups (broad SMARTS) is 1. The van der Waals surface area contributed by atoms with E-state index in [4.69, 9.17) is 0 Å². The number of nitrogens with one attached hydrogen (secondary N) is 1. The van der Waals surface area contributed by atoms with Crippen molar-refractivity contribution >= 4 is 11.9 Å². The third kappa shape index (κ3) is 3.01. The fraction of sp³-hybridized carbons (Fsp3) is 0.556. The minimum absolute atomic E-state index is 0.0359. The van der Waals surface area contributed by atoms with Crippen molar-refractivity contribution in [1.29, 1.82) is 0 Å². The highest BCUT2D eigenvalue weighted by molar-refractivity contribution is 5.85. The van der Waals surface area contributed by atoms with E-state index in [1.165, 1.54) is 11.1 Å². The number of aryl methyl sites for hydroxylation is 1. The molecule has 0 saturated heterocycles. The maximum Gasteiger partial charge on any atom is 0.307 e. The number of fused-ring (bicyclic) bond motifs is 1. The monoisotopic (exact) mass is 301 g/mol. The van der Waals surface area contributed by atoms with Crippen LogP contribution in [0.3, 0.4) is 0 Å². The van der Waals surface area contributed by atoms with Crippen molar-refractivity contribution in [2.45, 2.75) is 51.0 Å². The largest absolute Gasteiger partial charge is 0.481 e. The second kappa shape index (κ2) is 6.51. The van der Waals surface area contributed by atoms with Gasteiger partial charge in [0.05, 0.1) is 17.9 Å². The molecular formula is C18H23NO3. The first-order chi connectivity index (χ1) is 10.7. The number of carbonyl (C=O) groups excluding carboxylic acids is 1. The Kier molecular flexibility index (Phi) is 4.46. The maximum atomic E-state index is 12.6. The van der Waals surface area contributed by atoms with E-state index in [0.29, 0.717) is 12.8 Å². The average Bonchev–Trinajstić information content (AvgIpc) is 2.55. The van der Waals surface area contributed by atoms with Gasteiger partial charge in [0.2, 0.25) is 5.91 Å². The number of rotatable bonds is 3. The summed E-state index contributed by atoms with van der Waals surface area (Å²) in [5.74, 6) is -1.80. The van der Waals surface area contributed by atoms with Gasteiger partial charge in [0.25, 0.3) is 0 Å². The summed E-state index contributed by atoms with van der Waals surface area (Å²) in [5, 5.41) is 12.5. The first-order valence-corrected chi connectivity index (χ1v) is 8.28. The third-order valence-corrected chi connectivity index (χ3v) is 5.11. The lowest BCUT2D eigenvalue weighted by atomic mass is 9.78. The molecule has 0 radical (unpaired) electrons. The highest BCUT2D eigenvalue weighted by Gasteiger charge is 2.36. The molecule has 4 heteroatoms. The summed E-state index contributed by atoms with van der Waals surface area (Å²) in [6.45, 7) is 0. The number of benzene rings is 1. The lowest BCUT2D eigenvalue weighted by molar-refractivity contribution is -0.149. The van der Waals surface area contributed by atoms with Crippen LogP contribution in [0, 0.1) is 11.8 Å². The van der Waals surface area contributed by atoms with Gasteiger partial charge in [-0.05, 0) is 43.2 Å². The Bertz CT molecular complexity index is 569. The van der Waals surface area contributed by atoms with Gasteiger partial charge in [0.15, 0.2) is 0 Å². The minimum atomic E-state index is -0.830. The molecule has 0 heterocycles. The molecule has 2 N–H and O–H groups in total. The van der Waals surface area contributed by atoms with E-state index in [1.54, 1.807) is 0 Å². The number of carbonyl (C=O) groups is 2. The van der Waals surface area contributed by atoms with Crippen LogP contribution in [-0.4, -0.2) is 17.0 Å². The van der Waals surface area contributed by atoms with Crippen LogP contribution in [0.5, 0.6) is 0 Å². The van der Waals surface area contributed by atoms with E-state index in [0.717, 1.165) is 32.1 Å². The van der Waals surface area contributed by atoms with Gasteiger partial charge < -0.3 is 10.4 Å². The Balaban J connectivity index is 1.73. The molecule has 1 unspecified atom stereocenters. The number of aliphatic carboxylic acids is 1. The summed E-state index contributed by atoms with van der Waals surface area (Å²) in [5.41, 5.74) is 2.50. The van der Waals surface area contributed by atoms with Crippen molar-refractivity contribution in [2.75, 3.05) is 0 Å². The smallest absolute Gasteiger partial charge is 0.307 e. The lowest BCUT2D eigenvalue weighted by Crippen LogP contribution is -2.41. The second-order valence-corrected chi connectivity index (χ2v) is 6.49. The van der Waals surface area contributed by atoms with Crippen LogP contribution in [0.4, 0.5) is 0 Å². The lowest BCUT2D eigenvalue weighted by Gasteiger charge is -2.31. The number of hydrogen-bond acceptors (Lipinski definition) is 2. The predicted molar refractivity (Wildman–Crippen MR) is 83.3 cm³/mol. The van der Waals surface area contributed by atoms with Gasteiger partial charge in [-0.15, -0.1) is 0 Å². The first-order valence-electron chi connectivity index (χ1n) is 8.28. The fourth-order valence-corrected chi connectivity index (χ4v) is 3.92. The van der Waals surface area contributed by atoms with Crippen molar-refractivity contribution in [2.24, 2.45) is 11.8 Å². The standard InChI is InChI=1S/C18H23NO3/c20-17(14-9-3-4-10-15(14)18(21)22)19-16-11-5-7-12-6-1-2-8-13(12)16/h1-2,6,8,14-16H,3-5,7,9-11H2,(H,19,20)(H,21,22)/t14-,15?,16-/m1/s1. The van der Waals surface area contributed by atoms with E-state index in [-0.39, 0.29) is 17.9 Å². The number of carboxylic acids is 1. The van der Waals surface area contributed by atoms with E-state index < -0.39 is 11.9 Å².